The number of piperazine rings is 1. The van der Waals surface area contributed by atoms with Crippen LogP contribution in [0.25, 0.3) is 11.3 Å². The van der Waals surface area contributed by atoms with E-state index in [1.54, 1.807) is 19.1 Å². The van der Waals surface area contributed by atoms with Gasteiger partial charge in [-0.1, -0.05) is 25.9 Å². The highest BCUT2D eigenvalue weighted by atomic mass is 19.1. The average molecular weight is 559 g/mol. The van der Waals surface area contributed by atoms with Gasteiger partial charge in [-0.05, 0) is 61.4 Å². The number of carbonyl (C=O) groups excluding carboxylic acids is 1. The second-order valence-corrected chi connectivity index (χ2v) is 11.3. The fourth-order valence-electron chi connectivity index (χ4n) is 4.72. The highest BCUT2D eigenvalue weighted by molar-refractivity contribution is 5.89. The molecule has 1 aliphatic heterocycles. The molecule has 41 heavy (non-hydrogen) atoms. The van der Waals surface area contributed by atoms with Gasteiger partial charge in [0.1, 0.15) is 18.0 Å². The zero-order chi connectivity index (χ0) is 29.1. The third-order valence-electron chi connectivity index (χ3n) is 7.03. The summed E-state index contributed by atoms with van der Waals surface area (Å²) in [6, 6.07) is 12.6. The van der Waals surface area contributed by atoms with Crippen LogP contribution >= 0.6 is 0 Å². The molecule has 1 atom stereocenters. The molecule has 11 heteroatoms. The first-order valence-electron chi connectivity index (χ1n) is 13.7. The van der Waals surface area contributed by atoms with Gasteiger partial charge in [0.15, 0.2) is 5.82 Å². The molecule has 0 spiro atoms. The summed E-state index contributed by atoms with van der Waals surface area (Å²) in [6.45, 7) is 13.3. The minimum Gasteiger partial charge on any atom is -0.369 e. The zero-order valence-electron chi connectivity index (χ0n) is 24.0. The lowest BCUT2D eigenvalue weighted by molar-refractivity contribution is 0.0895. The van der Waals surface area contributed by atoms with Crippen molar-refractivity contribution in [3.63, 3.8) is 0 Å². The molecule has 2 aromatic heterocycles. The van der Waals surface area contributed by atoms with Crippen LogP contribution in [0.4, 0.5) is 21.6 Å². The summed E-state index contributed by atoms with van der Waals surface area (Å²) in [6.07, 6.45) is 1.41. The number of carbonyl (C=O) groups is 1. The number of nitrogens with zero attached hydrogens (tertiary/aromatic N) is 5. The number of hydrogen-bond acceptors (Lipinski definition) is 9. The molecule has 2 aromatic carbocycles. The van der Waals surface area contributed by atoms with Crippen LogP contribution in [0.2, 0.25) is 0 Å². The van der Waals surface area contributed by atoms with E-state index in [1.807, 2.05) is 39.8 Å². The van der Waals surface area contributed by atoms with Crippen LogP contribution in [0.1, 0.15) is 61.4 Å². The Kier molecular flexibility index (Phi) is 7.98. The van der Waals surface area contributed by atoms with E-state index in [-0.39, 0.29) is 11.3 Å². The van der Waals surface area contributed by atoms with Crippen LogP contribution in [0, 0.1) is 12.7 Å². The topological polar surface area (TPSA) is 121 Å². The van der Waals surface area contributed by atoms with Gasteiger partial charge in [0.05, 0.1) is 11.7 Å². The van der Waals surface area contributed by atoms with Crippen molar-refractivity contribution in [2.75, 3.05) is 36.4 Å². The largest absolute Gasteiger partial charge is 0.369 e. The molecule has 0 saturated carbocycles. The Labute approximate surface area is 238 Å². The Morgan fingerprint density at radius 1 is 1.10 bits per heavy atom. The number of halogens is 1. The van der Waals surface area contributed by atoms with Gasteiger partial charge in [-0.2, -0.15) is 4.98 Å². The zero-order valence-corrected chi connectivity index (χ0v) is 24.0. The number of benzene rings is 2. The number of amides is 1. The molecule has 0 bridgehead atoms. The van der Waals surface area contributed by atoms with Gasteiger partial charge < -0.3 is 25.4 Å². The van der Waals surface area contributed by atoms with Crippen molar-refractivity contribution < 1.29 is 13.7 Å². The van der Waals surface area contributed by atoms with Crippen LogP contribution in [0.5, 0.6) is 0 Å². The Balaban J connectivity index is 1.28. The van der Waals surface area contributed by atoms with Crippen molar-refractivity contribution in [2.45, 2.75) is 46.1 Å². The monoisotopic (exact) mass is 558 g/mol. The standard InChI is InChI=1S/C30H35FN8O2/c1-18-14-23(24(31)15-22(18)19(2)35-27(40)28-37-29(38-41-28)30(3,4)5)25-16-26(34-17-33-25)36-20-6-8-21(9-7-20)39-12-10-32-11-13-39/h6-9,14-17,19,32H,10-13H2,1-5H3,(H,35,40)(H,33,34,36)/t19-/m1/s1. The van der Waals surface area contributed by atoms with Crippen LogP contribution in [-0.4, -0.2) is 52.2 Å². The lowest BCUT2D eigenvalue weighted by Crippen LogP contribution is -2.43. The molecule has 10 nitrogen and oxygen atoms in total. The van der Waals surface area contributed by atoms with E-state index < -0.39 is 17.8 Å². The Bertz CT molecular complexity index is 1520. The summed E-state index contributed by atoms with van der Waals surface area (Å²) in [5.74, 6) is -0.105. The van der Waals surface area contributed by atoms with Crippen LogP contribution < -0.4 is 20.9 Å². The van der Waals surface area contributed by atoms with Gasteiger partial charge in [0, 0.05) is 54.6 Å². The molecule has 3 N–H and O–H groups in total. The summed E-state index contributed by atoms with van der Waals surface area (Å²) in [5.41, 5.74) is 3.92. The third kappa shape index (κ3) is 6.51. The fourth-order valence-corrected chi connectivity index (χ4v) is 4.72. The minimum absolute atomic E-state index is 0.129. The van der Waals surface area contributed by atoms with Gasteiger partial charge in [-0.25, -0.2) is 14.4 Å². The normalized spacial score (nSPS) is 14.5. The number of aromatic nitrogens is 4. The molecule has 0 aliphatic carbocycles. The van der Waals surface area contributed by atoms with Crippen molar-refractivity contribution in [1.82, 2.24) is 30.7 Å². The van der Waals surface area contributed by atoms with E-state index in [2.05, 4.69) is 53.1 Å². The number of hydrogen-bond donors (Lipinski definition) is 3. The van der Waals surface area contributed by atoms with Gasteiger partial charge in [-0.3, -0.25) is 4.79 Å². The first-order valence-corrected chi connectivity index (χ1v) is 13.7. The Morgan fingerprint density at radius 2 is 1.83 bits per heavy atom. The van der Waals surface area contributed by atoms with Crippen molar-refractivity contribution >= 4 is 23.1 Å². The van der Waals surface area contributed by atoms with E-state index >= 15 is 4.39 Å². The van der Waals surface area contributed by atoms with Crippen LogP contribution in [-0.2, 0) is 5.41 Å². The molecular weight excluding hydrogens is 523 g/mol. The highest BCUT2D eigenvalue weighted by Gasteiger charge is 2.25. The molecule has 1 aliphatic rings. The highest BCUT2D eigenvalue weighted by Crippen LogP contribution is 2.29. The summed E-state index contributed by atoms with van der Waals surface area (Å²) in [5, 5.41) is 13.4. The predicted molar refractivity (Wildman–Crippen MR) is 156 cm³/mol. The molecular formula is C30H35FN8O2. The van der Waals surface area contributed by atoms with Crippen molar-refractivity contribution in [2.24, 2.45) is 0 Å². The maximum atomic E-state index is 15.4. The van der Waals surface area contributed by atoms with Crippen molar-refractivity contribution in [3.8, 4) is 11.3 Å². The molecule has 4 aromatic rings. The molecule has 1 fully saturated rings. The molecule has 1 amide bonds. The Hall–Kier alpha value is -4.38. The summed E-state index contributed by atoms with van der Waals surface area (Å²) < 4.78 is 20.5. The Morgan fingerprint density at radius 3 is 2.51 bits per heavy atom. The number of aryl methyl sites for hydroxylation is 1. The predicted octanol–water partition coefficient (Wildman–Crippen LogP) is 4.92. The number of anilines is 3. The SMILES string of the molecule is Cc1cc(-c2cc(Nc3ccc(N4CCNCC4)cc3)ncn2)c(F)cc1[C@@H](C)NC(=O)c1nc(C(C)(C)C)no1. The molecule has 3 heterocycles. The smallest absolute Gasteiger partial charge is 0.315 e. The van der Waals surface area contributed by atoms with Crippen molar-refractivity contribution in [1.29, 1.82) is 0 Å². The second kappa shape index (κ2) is 11.6. The summed E-state index contributed by atoms with van der Waals surface area (Å²) >= 11 is 0. The van der Waals surface area contributed by atoms with Gasteiger partial charge >= 0.3 is 11.8 Å². The lowest BCUT2D eigenvalue weighted by atomic mass is 9.96. The van der Waals surface area contributed by atoms with E-state index in [0.29, 0.717) is 28.5 Å². The maximum absolute atomic E-state index is 15.4. The van der Waals surface area contributed by atoms with Gasteiger partial charge in [0.2, 0.25) is 0 Å². The van der Waals surface area contributed by atoms with Gasteiger partial charge in [0.25, 0.3) is 0 Å². The van der Waals surface area contributed by atoms with E-state index in [9.17, 15) is 4.79 Å². The quantitative estimate of drug-likeness (QED) is 0.290. The van der Waals surface area contributed by atoms with Crippen molar-refractivity contribution in [3.05, 3.63) is 77.5 Å². The fraction of sp³-hybridized carbons (Fsp3) is 0.367. The summed E-state index contributed by atoms with van der Waals surface area (Å²) in [7, 11) is 0. The maximum Gasteiger partial charge on any atom is 0.315 e. The third-order valence-corrected chi connectivity index (χ3v) is 7.03. The average Bonchev–Trinajstić information content (AvgIpc) is 3.47. The summed E-state index contributed by atoms with van der Waals surface area (Å²) in [4.78, 5) is 27.9. The van der Waals surface area contributed by atoms with Crippen LogP contribution in [0.3, 0.4) is 0 Å². The number of nitrogens with one attached hydrogen (secondary N) is 3. The van der Waals surface area contributed by atoms with Gasteiger partial charge in [-0.15, -0.1) is 0 Å². The molecule has 214 valence electrons. The first kappa shape index (κ1) is 28.2. The van der Waals surface area contributed by atoms with E-state index in [4.69, 9.17) is 4.52 Å². The van der Waals surface area contributed by atoms with E-state index in [1.165, 1.54) is 18.1 Å². The molecule has 0 radical (unpaired) electrons. The molecule has 5 rings (SSSR count). The number of rotatable bonds is 7. The minimum atomic E-state index is -0.517. The molecule has 0 unspecified atom stereocenters. The van der Waals surface area contributed by atoms with E-state index in [0.717, 1.165) is 37.4 Å². The molecule has 1 saturated heterocycles. The lowest BCUT2D eigenvalue weighted by Gasteiger charge is -2.29. The van der Waals surface area contributed by atoms with Crippen LogP contribution in [0.15, 0.2) is 53.3 Å². The second-order valence-electron chi connectivity index (χ2n) is 11.3. The first-order chi connectivity index (χ1) is 19.6.